The van der Waals surface area contributed by atoms with Gasteiger partial charge in [-0.2, -0.15) is 0 Å². The molecule has 0 spiro atoms. The van der Waals surface area contributed by atoms with Crippen LogP contribution in [0, 0.1) is 0 Å². The molecule has 0 radical (unpaired) electrons. The van der Waals surface area contributed by atoms with Gasteiger partial charge in [-0.1, -0.05) is 36.7 Å². The zero-order chi connectivity index (χ0) is 11.9. The second kappa shape index (κ2) is 3.74. The van der Waals surface area contributed by atoms with Crippen molar-refractivity contribution in [3.8, 4) is 0 Å². The third kappa shape index (κ3) is 2.05. The summed E-state index contributed by atoms with van der Waals surface area (Å²) in [7, 11) is 0. The molecule has 1 N–H and O–H groups in total. The van der Waals surface area contributed by atoms with E-state index in [9.17, 15) is 4.79 Å². The average molecular weight is 280 g/mol. The molecule has 2 nitrogen and oxygen atoms in total. The van der Waals surface area contributed by atoms with Crippen LogP contribution >= 0.6 is 15.9 Å². The van der Waals surface area contributed by atoms with Crippen LogP contribution in [0.25, 0.3) is 10.9 Å². The Morgan fingerprint density at radius 2 is 1.88 bits per heavy atom. The number of hydrogen-bond donors (Lipinski definition) is 1. The normalized spacial score (nSPS) is 12.0. The van der Waals surface area contributed by atoms with Gasteiger partial charge in [0.2, 0.25) is 0 Å². The van der Waals surface area contributed by atoms with Crippen LogP contribution in [0.2, 0.25) is 0 Å². The lowest BCUT2D eigenvalue weighted by molar-refractivity contribution is 0.571. The molecule has 84 valence electrons. The summed E-state index contributed by atoms with van der Waals surface area (Å²) < 4.78 is 0.925. The Bertz CT molecular complexity index is 593. The fourth-order valence-corrected chi connectivity index (χ4v) is 1.98. The van der Waals surface area contributed by atoms with Gasteiger partial charge in [-0.05, 0) is 18.2 Å². The van der Waals surface area contributed by atoms with E-state index in [-0.39, 0.29) is 10.8 Å². The SMILES string of the molecule is CC(C)(C)c1cc(=O)c2cc(Br)ccc2[nH]1. The number of nitrogens with one attached hydrogen (secondary N) is 1. The molecule has 0 fully saturated rings. The van der Waals surface area contributed by atoms with Gasteiger partial charge < -0.3 is 4.98 Å². The summed E-state index contributed by atoms with van der Waals surface area (Å²) in [6.07, 6.45) is 0. The number of halogens is 1. The van der Waals surface area contributed by atoms with Crippen LogP contribution in [0.15, 0.2) is 33.5 Å². The number of H-pyrrole nitrogens is 1. The number of benzene rings is 1. The molecule has 0 bridgehead atoms. The summed E-state index contributed by atoms with van der Waals surface area (Å²) in [5, 5.41) is 0.724. The van der Waals surface area contributed by atoms with Crippen molar-refractivity contribution in [2.45, 2.75) is 26.2 Å². The van der Waals surface area contributed by atoms with Crippen molar-refractivity contribution in [1.82, 2.24) is 4.98 Å². The van der Waals surface area contributed by atoms with E-state index in [1.807, 2.05) is 18.2 Å². The van der Waals surface area contributed by atoms with Crippen molar-refractivity contribution < 1.29 is 0 Å². The van der Waals surface area contributed by atoms with Crippen LogP contribution in [0.5, 0.6) is 0 Å². The fourth-order valence-electron chi connectivity index (χ4n) is 1.62. The monoisotopic (exact) mass is 279 g/mol. The number of pyridine rings is 1. The summed E-state index contributed by atoms with van der Waals surface area (Å²) in [6, 6.07) is 7.40. The maximum absolute atomic E-state index is 12.0. The Labute approximate surface area is 103 Å². The van der Waals surface area contributed by atoms with E-state index in [2.05, 4.69) is 41.7 Å². The molecule has 1 heterocycles. The molecule has 2 rings (SSSR count). The highest BCUT2D eigenvalue weighted by Crippen LogP contribution is 2.22. The van der Waals surface area contributed by atoms with Crippen molar-refractivity contribution in [2.75, 3.05) is 0 Å². The van der Waals surface area contributed by atoms with Gasteiger partial charge in [0.1, 0.15) is 0 Å². The first kappa shape index (κ1) is 11.4. The Kier molecular flexibility index (Phi) is 2.66. The first-order chi connectivity index (χ1) is 7.38. The molecule has 1 aromatic carbocycles. The molecule has 3 heteroatoms. The van der Waals surface area contributed by atoms with Gasteiger partial charge in [0.15, 0.2) is 5.43 Å². The van der Waals surface area contributed by atoms with Crippen molar-refractivity contribution in [2.24, 2.45) is 0 Å². The summed E-state index contributed by atoms with van der Waals surface area (Å²) >= 11 is 3.37. The predicted molar refractivity (Wildman–Crippen MR) is 71.0 cm³/mol. The van der Waals surface area contributed by atoms with Crippen molar-refractivity contribution in [3.05, 3.63) is 44.7 Å². The maximum Gasteiger partial charge on any atom is 0.189 e. The van der Waals surface area contributed by atoms with Crippen LogP contribution in [-0.2, 0) is 5.41 Å². The molecule has 16 heavy (non-hydrogen) atoms. The summed E-state index contributed by atoms with van der Waals surface area (Å²) in [5.74, 6) is 0. The zero-order valence-electron chi connectivity index (χ0n) is 9.60. The predicted octanol–water partition coefficient (Wildman–Crippen LogP) is 3.59. The smallest absolute Gasteiger partial charge is 0.189 e. The number of hydrogen-bond acceptors (Lipinski definition) is 1. The molecule has 0 aliphatic carbocycles. The van der Waals surface area contributed by atoms with E-state index in [0.717, 1.165) is 21.1 Å². The Balaban J connectivity index is 2.79. The van der Waals surface area contributed by atoms with Gasteiger partial charge in [0.05, 0.1) is 0 Å². The minimum Gasteiger partial charge on any atom is -0.358 e. The van der Waals surface area contributed by atoms with Crippen LogP contribution in [0.3, 0.4) is 0 Å². The number of fused-ring (bicyclic) bond motifs is 1. The van der Waals surface area contributed by atoms with Gasteiger partial charge in [-0.25, -0.2) is 0 Å². The molecule has 0 saturated carbocycles. The zero-order valence-corrected chi connectivity index (χ0v) is 11.2. The molecule has 2 aromatic rings. The minimum absolute atomic E-state index is 0.0412. The molecule has 0 unspecified atom stereocenters. The van der Waals surface area contributed by atoms with Crippen LogP contribution in [0.4, 0.5) is 0 Å². The largest absolute Gasteiger partial charge is 0.358 e. The highest BCUT2D eigenvalue weighted by Gasteiger charge is 2.15. The lowest BCUT2D eigenvalue weighted by atomic mass is 9.91. The van der Waals surface area contributed by atoms with E-state index in [4.69, 9.17) is 0 Å². The summed E-state index contributed by atoms with van der Waals surface area (Å²) in [6.45, 7) is 6.26. The summed E-state index contributed by atoms with van der Waals surface area (Å²) in [4.78, 5) is 15.3. The molecule has 0 amide bonds. The highest BCUT2D eigenvalue weighted by molar-refractivity contribution is 9.10. The number of aromatic nitrogens is 1. The fraction of sp³-hybridized carbons (Fsp3) is 0.308. The number of aromatic amines is 1. The Morgan fingerprint density at radius 1 is 1.19 bits per heavy atom. The second-order valence-corrected chi connectivity index (χ2v) is 5.90. The van der Waals surface area contributed by atoms with Crippen LogP contribution in [-0.4, -0.2) is 4.98 Å². The third-order valence-corrected chi connectivity index (χ3v) is 3.09. The van der Waals surface area contributed by atoms with Gasteiger partial charge in [0, 0.05) is 32.6 Å². The lowest BCUT2D eigenvalue weighted by Gasteiger charge is -2.19. The maximum atomic E-state index is 12.0. The molecule has 0 saturated heterocycles. The Morgan fingerprint density at radius 3 is 2.50 bits per heavy atom. The molecule has 0 atom stereocenters. The summed E-state index contributed by atoms with van der Waals surface area (Å²) in [5.41, 5.74) is 1.88. The van der Waals surface area contributed by atoms with Crippen molar-refractivity contribution in [3.63, 3.8) is 0 Å². The number of rotatable bonds is 0. The van der Waals surface area contributed by atoms with Gasteiger partial charge in [-0.15, -0.1) is 0 Å². The quantitative estimate of drug-likeness (QED) is 0.786. The average Bonchev–Trinajstić information content (AvgIpc) is 2.17. The van der Waals surface area contributed by atoms with Crippen LogP contribution in [0.1, 0.15) is 26.5 Å². The van der Waals surface area contributed by atoms with E-state index < -0.39 is 0 Å². The van der Waals surface area contributed by atoms with E-state index in [0.29, 0.717) is 0 Å². The molecule has 0 aliphatic heterocycles. The van der Waals surface area contributed by atoms with Crippen molar-refractivity contribution >= 4 is 26.8 Å². The minimum atomic E-state index is -0.0412. The molecular weight excluding hydrogens is 266 g/mol. The molecular formula is C13H14BrNO. The van der Waals surface area contributed by atoms with Crippen LogP contribution < -0.4 is 5.43 Å². The van der Waals surface area contributed by atoms with Crippen molar-refractivity contribution in [1.29, 1.82) is 0 Å². The van der Waals surface area contributed by atoms with E-state index in [1.165, 1.54) is 0 Å². The lowest BCUT2D eigenvalue weighted by Crippen LogP contribution is -2.17. The van der Waals surface area contributed by atoms with Gasteiger partial charge in [-0.3, -0.25) is 4.79 Å². The first-order valence-electron chi connectivity index (χ1n) is 5.21. The topological polar surface area (TPSA) is 32.9 Å². The van der Waals surface area contributed by atoms with E-state index >= 15 is 0 Å². The molecule has 0 aliphatic rings. The van der Waals surface area contributed by atoms with Gasteiger partial charge in [0.25, 0.3) is 0 Å². The highest BCUT2D eigenvalue weighted by atomic mass is 79.9. The standard InChI is InChI=1S/C13H14BrNO/c1-13(2,3)12-7-11(16)9-6-8(14)4-5-10(9)15-12/h4-7H,1-3H3,(H,15,16). The third-order valence-electron chi connectivity index (χ3n) is 2.60. The molecule has 1 aromatic heterocycles. The Hall–Kier alpha value is -1.09. The van der Waals surface area contributed by atoms with Gasteiger partial charge >= 0.3 is 0 Å². The second-order valence-electron chi connectivity index (χ2n) is 4.99. The first-order valence-corrected chi connectivity index (χ1v) is 6.00. The van der Waals surface area contributed by atoms with E-state index in [1.54, 1.807) is 6.07 Å².